The van der Waals surface area contributed by atoms with Crippen LogP contribution in [0.2, 0.25) is 0 Å². The molecule has 6 heteroatoms. The number of hydrogen-bond acceptors (Lipinski definition) is 3. The Kier molecular flexibility index (Phi) is 4.98. The lowest BCUT2D eigenvalue weighted by Gasteiger charge is -2.01. The van der Waals surface area contributed by atoms with Crippen molar-refractivity contribution in [2.75, 3.05) is 7.11 Å². The molecule has 0 amide bonds. The van der Waals surface area contributed by atoms with Crippen molar-refractivity contribution in [3.05, 3.63) is 62.2 Å². The van der Waals surface area contributed by atoms with Crippen molar-refractivity contribution in [3.8, 4) is 17.6 Å². The first-order valence-corrected chi connectivity index (χ1v) is 7.08. The molecule has 0 unspecified atom stereocenters. The van der Waals surface area contributed by atoms with Gasteiger partial charge in [0.1, 0.15) is 17.4 Å². The molecule has 0 fully saturated rings. The maximum atomic E-state index is 13.9. The van der Waals surface area contributed by atoms with Gasteiger partial charge < -0.3 is 9.84 Å². The highest BCUT2D eigenvalue weighted by Gasteiger charge is 2.10. The summed E-state index contributed by atoms with van der Waals surface area (Å²) in [5.74, 6) is 2.78. The maximum absolute atomic E-state index is 13.9. The van der Waals surface area contributed by atoms with Gasteiger partial charge in [-0.2, -0.15) is 0 Å². The number of rotatable bonds is 1. The van der Waals surface area contributed by atoms with Crippen molar-refractivity contribution in [2.45, 2.75) is 0 Å². The minimum Gasteiger partial charge on any atom is -0.508 e. The third kappa shape index (κ3) is 3.54. The van der Waals surface area contributed by atoms with Gasteiger partial charge in [0.2, 0.25) is 0 Å². The normalized spacial score (nSPS) is 9.82. The fourth-order valence-corrected chi connectivity index (χ4v) is 2.38. The van der Waals surface area contributed by atoms with E-state index in [0.29, 0.717) is 3.57 Å². The molecule has 0 saturated heterocycles. The lowest BCUT2D eigenvalue weighted by atomic mass is 10.1. The van der Waals surface area contributed by atoms with E-state index in [1.165, 1.54) is 25.3 Å². The minimum atomic E-state index is -0.704. The number of halogens is 3. The van der Waals surface area contributed by atoms with E-state index >= 15 is 0 Å². The molecule has 0 spiro atoms. The summed E-state index contributed by atoms with van der Waals surface area (Å²) < 4.78 is 32.5. The second-order valence-corrected chi connectivity index (χ2v) is 5.38. The van der Waals surface area contributed by atoms with Crippen LogP contribution >= 0.6 is 22.6 Å². The van der Waals surface area contributed by atoms with Crippen molar-refractivity contribution in [3.63, 3.8) is 0 Å². The van der Waals surface area contributed by atoms with Gasteiger partial charge in [0.25, 0.3) is 0 Å². The molecule has 0 bridgehead atoms. The number of methoxy groups -OCH3 is 1. The number of hydrogen-bond donors (Lipinski definition) is 1. The molecule has 1 N–H and O–H groups in total. The molecule has 3 nitrogen and oxygen atoms in total. The van der Waals surface area contributed by atoms with Crippen molar-refractivity contribution >= 4 is 28.6 Å². The zero-order valence-electron chi connectivity index (χ0n) is 11.3. The Labute approximate surface area is 139 Å². The van der Waals surface area contributed by atoms with Crippen molar-refractivity contribution in [2.24, 2.45) is 0 Å². The van der Waals surface area contributed by atoms with Gasteiger partial charge in [-0.3, -0.25) is 0 Å². The third-order valence-electron chi connectivity index (χ3n) is 2.74. The number of carbonyl (C=O) groups is 1. The van der Waals surface area contributed by atoms with Crippen LogP contribution in [0.4, 0.5) is 8.78 Å². The van der Waals surface area contributed by atoms with Crippen LogP contribution in [-0.4, -0.2) is 18.2 Å². The van der Waals surface area contributed by atoms with E-state index in [1.54, 1.807) is 0 Å². The highest BCUT2D eigenvalue weighted by atomic mass is 127. The molecule has 2 rings (SSSR count). The Morgan fingerprint density at radius 2 is 1.91 bits per heavy atom. The average Bonchev–Trinajstić information content (AvgIpc) is 2.46. The van der Waals surface area contributed by atoms with Crippen molar-refractivity contribution in [1.82, 2.24) is 0 Å². The molecule has 0 aliphatic carbocycles. The second-order valence-electron chi connectivity index (χ2n) is 4.22. The largest absolute Gasteiger partial charge is 0.508 e. The van der Waals surface area contributed by atoms with Crippen LogP contribution in [0.15, 0.2) is 30.3 Å². The number of benzene rings is 2. The van der Waals surface area contributed by atoms with Gasteiger partial charge >= 0.3 is 5.97 Å². The topological polar surface area (TPSA) is 46.5 Å². The smallest absolute Gasteiger partial charge is 0.337 e. The molecule has 0 aromatic heterocycles. The first-order chi connectivity index (χ1) is 10.4. The predicted octanol–water partition coefficient (Wildman–Crippen LogP) is 3.46. The highest BCUT2D eigenvalue weighted by molar-refractivity contribution is 14.1. The summed E-state index contributed by atoms with van der Waals surface area (Å²) >= 11 is 1.82. The molecule has 0 radical (unpaired) electrons. The first kappa shape index (κ1) is 16.2. The number of ether oxygens (including phenoxy) is 1. The standard InChI is InChI=1S/C16H9F2IO3/c1-22-16(21)10-3-2-9(13(17)6-10)4-5-12-14(18)7-11(20)8-15(12)19/h2-3,6-8,20H,1H3. The lowest BCUT2D eigenvalue weighted by molar-refractivity contribution is 0.0600. The zero-order chi connectivity index (χ0) is 16.3. The third-order valence-corrected chi connectivity index (χ3v) is 3.59. The van der Waals surface area contributed by atoms with E-state index in [-0.39, 0.29) is 22.4 Å². The van der Waals surface area contributed by atoms with Crippen LogP contribution in [0, 0.1) is 27.0 Å². The van der Waals surface area contributed by atoms with E-state index in [0.717, 1.165) is 12.1 Å². The summed E-state index contributed by atoms with van der Waals surface area (Å²) in [6.07, 6.45) is 0. The van der Waals surface area contributed by atoms with Crippen LogP contribution in [0.25, 0.3) is 0 Å². The molecule has 0 atom stereocenters. The average molecular weight is 414 g/mol. The van der Waals surface area contributed by atoms with Crippen molar-refractivity contribution in [1.29, 1.82) is 0 Å². The first-order valence-electron chi connectivity index (χ1n) is 6.00. The Hall–Kier alpha value is -2.14. The fraction of sp³-hybridized carbons (Fsp3) is 0.0625. The summed E-state index contributed by atoms with van der Waals surface area (Å²) in [4.78, 5) is 11.3. The molecule has 0 aliphatic heterocycles. The SMILES string of the molecule is COC(=O)c1ccc(C#Cc2c(F)cc(O)cc2I)c(F)c1. The summed E-state index contributed by atoms with van der Waals surface area (Å²) in [6.45, 7) is 0. The molecule has 0 saturated carbocycles. The van der Waals surface area contributed by atoms with Gasteiger partial charge in [0.05, 0.1) is 23.8 Å². The van der Waals surface area contributed by atoms with Crippen LogP contribution < -0.4 is 0 Å². The molecule has 22 heavy (non-hydrogen) atoms. The highest BCUT2D eigenvalue weighted by Crippen LogP contribution is 2.21. The van der Waals surface area contributed by atoms with Crippen LogP contribution in [0.1, 0.15) is 21.5 Å². The maximum Gasteiger partial charge on any atom is 0.337 e. The number of aromatic hydroxyl groups is 1. The second kappa shape index (κ2) is 6.75. The van der Waals surface area contributed by atoms with Crippen LogP contribution in [0.5, 0.6) is 5.75 Å². The quantitative estimate of drug-likeness (QED) is 0.442. The van der Waals surface area contributed by atoms with Gasteiger partial charge in [-0.05, 0) is 46.9 Å². The van der Waals surface area contributed by atoms with Crippen LogP contribution in [-0.2, 0) is 4.74 Å². The Bertz CT molecular complexity index is 784. The van der Waals surface area contributed by atoms with E-state index in [2.05, 4.69) is 16.6 Å². The molecule has 112 valence electrons. The molecule has 2 aromatic carbocycles. The summed E-state index contributed by atoms with van der Waals surface area (Å²) in [7, 11) is 1.20. The molecular weight excluding hydrogens is 405 g/mol. The van der Waals surface area contributed by atoms with Gasteiger partial charge in [-0.1, -0.05) is 11.8 Å². The monoisotopic (exact) mass is 414 g/mol. The predicted molar refractivity (Wildman–Crippen MR) is 84.5 cm³/mol. The number of carbonyl (C=O) groups excluding carboxylic acids is 1. The molecule has 0 heterocycles. The summed E-state index contributed by atoms with van der Waals surface area (Å²) in [5.41, 5.74) is 0.154. The number of esters is 1. The lowest BCUT2D eigenvalue weighted by Crippen LogP contribution is -2.02. The zero-order valence-corrected chi connectivity index (χ0v) is 13.4. The Morgan fingerprint density at radius 1 is 1.18 bits per heavy atom. The van der Waals surface area contributed by atoms with Crippen LogP contribution in [0.3, 0.4) is 0 Å². The molecular formula is C16H9F2IO3. The van der Waals surface area contributed by atoms with Gasteiger partial charge in [0, 0.05) is 9.64 Å². The number of phenolic OH excluding ortho intramolecular Hbond substituents is 1. The van der Waals surface area contributed by atoms with E-state index in [4.69, 9.17) is 0 Å². The van der Waals surface area contributed by atoms with E-state index < -0.39 is 17.6 Å². The summed E-state index contributed by atoms with van der Waals surface area (Å²) in [5, 5.41) is 9.26. The number of phenols is 1. The molecule has 2 aromatic rings. The Balaban J connectivity index is 2.39. The molecule has 0 aliphatic rings. The summed E-state index contributed by atoms with van der Waals surface area (Å²) in [6, 6.07) is 5.98. The minimum absolute atomic E-state index is 0.0240. The van der Waals surface area contributed by atoms with E-state index in [1.807, 2.05) is 22.6 Å². The fourth-order valence-electron chi connectivity index (χ4n) is 1.67. The van der Waals surface area contributed by atoms with Gasteiger partial charge in [-0.15, -0.1) is 0 Å². The van der Waals surface area contributed by atoms with Crippen molar-refractivity contribution < 1.29 is 23.4 Å². The van der Waals surface area contributed by atoms with Gasteiger partial charge in [0.15, 0.2) is 0 Å². The Morgan fingerprint density at radius 3 is 2.50 bits per heavy atom. The van der Waals surface area contributed by atoms with E-state index in [9.17, 15) is 18.7 Å². The van der Waals surface area contributed by atoms with Gasteiger partial charge in [-0.25, -0.2) is 13.6 Å².